The Morgan fingerprint density at radius 1 is 1.23 bits per heavy atom. The molecule has 0 saturated carbocycles. The molecule has 0 saturated heterocycles. The standard InChI is InChI=1S/C23H29N3O3.ClH/c1-3-29-22-10-5-4-8-19(22)21(25-15(2)27)14-23(28)26-20-9-6-7-16-13-17(24)11-12-18(16)20;/h4-5,8,10-13,20-21H,3,6-7,9,14,24H2,1-2H3,(H,25,27)(H,26,28);1H. The van der Waals surface area contributed by atoms with E-state index in [4.69, 9.17) is 10.5 Å². The van der Waals surface area contributed by atoms with Crippen molar-refractivity contribution in [3.8, 4) is 5.75 Å². The van der Waals surface area contributed by atoms with Crippen molar-refractivity contribution in [2.75, 3.05) is 12.3 Å². The molecule has 7 heteroatoms. The van der Waals surface area contributed by atoms with Gasteiger partial charge in [0.2, 0.25) is 11.8 Å². The van der Waals surface area contributed by atoms with Crippen LogP contribution in [0.25, 0.3) is 0 Å². The van der Waals surface area contributed by atoms with Crippen molar-refractivity contribution in [3.63, 3.8) is 0 Å². The average Bonchev–Trinajstić information content (AvgIpc) is 2.68. The number of amides is 2. The van der Waals surface area contributed by atoms with Crippen molar-refractivity contribution in [1.29, 1.82) is 0 Å². The molecule has 0 spiro atoms. The summed E-state index contributed by atoms with van der Waals surface area (Å²) in [6.07, 6.45) is 3.01. The maximum absolute atomic E-state index is 12.9. The molecule has 2 amide bonds. The molecule has 30 heavy (non-hydrogen) atoms. The second-order valence-electron chi connectivity index (χ2n) is 7.40. The molecule has 1 aliphatic carbocycles. The first kappa shape index (κ1) is 23.5. The van der Waals surface area contributed by atoms with E-state index in [-0.39, 0.29) is 36.7 Å². The molecule has 0 aliphatic heterocycles. The zero-order valence-corrected chi connectivity index (χ0v) is 18.3. The Morgan fingerprint density at radius 3 is 2.73 bits per heavy atom. The molecule has 0 bridgehead atoms. The highest BCUT2D eigenvalue weighted by atomic mass is 35.5. The van der Waals surface area contributed by atoms with Crippen LogP contribution in [0.15, 0.2) is 42.5 Å². The third-order valence-electron chi connectivity index (χ3n) is 5.18. The predicted octanol–water partition coefficient (Wildman–Crippen LogP) is 3.85. The van der Waals surface area contributed by atoms with Gasteiger partial charge in [0.25, 0.3) is 0 Å². The molecule has 1 aliphatic rings. The van der Waals surface area contributed by atoms with Crippen molar-refractivity contribution in [2.24, 2.45) is 0 Å². The van der Waals surface area contributed by atoms with Crippen LogP contribution < -0.4 is 21.1 Å². The molecule has 2 aromatic carbocycles. The number of para-hydroxylation sites is 1. The molecule has 0 aromatic heterocycles. The third kappa shape index (κ3) is 5.89. The fourth-order valence-electron chi connectivity index (χ4n) is 3.96. The van der Waals surface area contributed by atoms with Crippen LogP contribution in [0.5, 0.6) is 5.75 Å². The molecule has 2 atom stereocenters. The van der Waals surface area contributed by atoms with Crippen LogP contribution in [0.3, 0.4) is 0 Å². The molecule has 2 aromatic rings. The summed E-state index contributed by atoms with van der Waals surface area (Å²) in [5, 5.41) is 6.04. The number of nitrogens with two attached hydrogens (primary N) is 1. The number of carbonyl (C=O) groups is 2. The van der Waals surface area contributed by atoms with Crippen molar-refractivity contribution < 1.29 is 14.3 Å². The van der Waals surface area contributed by atoms with Gasteiger partial charge in [-0.1, -0.05) is 24.3 Å². The molecule has 4 N–H and O–H groups in total. The fourth-order valence-corrected chi connectivity index (χ4v) is 3.96. The number of nitrogen functional groups attached to an aromatic ring is 1. The summed E-state index contributed by atoms with van der Waals surface area (Å²) in [5.74, 6) is 0.386. The van der Waals surface area contributed by atoms with Gasteiger partial charge >= 0.3 is 0 Å². The van der Waals surface area contributed by atoms with E-state index in [0.717, 1.165) is 36.1 Å². The molecule has 3 rings (SSSR count). The summed E-state index contributed by atoms with van der Waals surface area (Å²) in [5.41, 5.74) is 9.78. The zero-order valence-electron chi connectivity index (χ0n) is 17.4. The van der Waals surface area contributed by atoms with Crippen LogP contribution in [0, 0.1) is 0 Å². The van der Waals surface area contributed by atoms with Gasteiger partial charge in [-0.2, -0.15) is 0 Å². The maximum atomic E-state index is 12.9. The number of rotatable bonds is 7. The van der Waals surface area contributed by atoms with Crippen LogP contribution >= 0.6 is 12.4 Å². The Hall–Kier alpha value is -2.73. The van der Waals surface area contributed by atoms with Gasteiger partial charge in [0.05, 0.1) is 25.1 Å². The normalized spacial score (nSPS) is 15.9. The van der Waals surface area contributed by atoms with Crippen LogP contribution in [0.1, 0.15) is 61.9 Å². The summed E-state index contributed by atoms with van der Waals surface area (Å²) in [6, 6.07) is 12.9. The monoisotopic (exact) mass is 431 g/mol. The van der Waals surface area contributed by atoms with Gasteiger partial charge in [-0.3, -0.25) is 9.59 Å². The van der Waals surface area contributed by atoms with Crippen molar-refractivity contribution in [3.05, 3.63) is 59.2 Å². The van der Waals surface area contributed by atoms with Gasteiger partial charge in [0.15, 0.2) is 0 Å². The topological polar surface area (TPSA) is 93.4 Å². The summed E-state index contributed by atoms with van der Waals surface area (Å²) in [4.78, 5) is 24.7. The number of aryl methyl sites for hydroxylation is 1. The second kappa shape index (κ2) is 10.9. The van der Waals surface area contributed by atoms with Crippen molar-refractivity contribution in [2.45, 2.75) is 51.6 Å². The summed E-state index contributed by atoms with van der Waals surface area (Å²) < 4.78 is 5.69. The highest BCUT2D eigenvalue weighted by Crippen LogP contribution is 2.32. The summed E-state index contributed by atoms with van der Waals surface area (Å²) in [6.45, 7) is 3.87. The SMILES string of the molecule is CCOc1ccccc1C(CC(=O)NC1CCCc2cc(N)ccc21)NC(C)=O.Cl. The third-order valence-corrected chi connectivity index (χ3v) is 5.18. The minimum absolute atomic E-state index is 0. The fraction of sp³-hybridized carbons (Fsp3) is 0.391. The Balaban J connectivity index is 0.00000320. The lowest BCUT2D eigenvalue weighted by molar-refractivity contribution is -0.123. The number of nitrogens with one attached hydrogen (secondary N) is 2. The number of hydrogen-bond donors (Lipinski definition) is 3. The van der Waals surface area contributed by atoms with E-state index >= 15 is 0 Å². The molecular formula is C23H30ClN3O3. The molecule has 162 valence electrons. The molecule has 0 heterocycles. The maximum Gasteiger partial charge on any atom is 0.222 e. The molecule has 0 radical (unpaired) electrons. The van der Waals surface area contributed by atoms with Gasteiger partial charge in [0, 0.05) is 18.2 Å². The minimum Gasteiger partial charge on any atom is -0.494 e. The molecule has 6 nitrogen and oxygen atoms in total. The van der Waals surface area contributed by atoms with Gasteiger partial charge in [0.1, 0.15) is 5.75 Å². The lowest BCUT2D eigenvalue weighted by Gasteiger charge is -2.28. The van der Waals surface area contributed by atoms with Crippen LogP contribution in [-0.4, -0.2) is 18.4 Å². The van der Waals surface area contributed by atoms with E-state index in [1.165, 1.54) is 12.5 Å². The largest absolute Gasteiger partial charge is 0.494 e. The lowest BCUT2D eigenvalue weighted by Crippen LogP contribution is -2.35. The number of fused-ring (bicyclic) bond motifs is 1. The smallest absolute Gasteiger partial charge is 0.222 e. The first-order valence-electron chi connectivity index (χ1n) is 10.1. The quantitative estimate of drug-likeness (QED) is 0.580. The lowest BCUT2D eigenvalue weighted by atomic mass is 9.87. The van der Waals surface area contributed by atoms with Crippen LogP contribution in [0.4, 0.5) is 5.69 Å². The Kier molecular flexibility index (Phi) is 8.54. The second-order valence-corrected chi connectivity index (χ2v) is 7.40. The first-order valence-corrected chi connectivity index (χ1v) is 10.1. The van der Waals surface area contributed by atoms with Gasteiger partial charge in [-0.25, -0.2) is 0 Å². The summed E-state index contributed by atoms with van der Waals surface area (Å²) >= 11 is 0. The molecule has 2 unspecified atom stereocenters. The molecular weight excluding hydrogens is 402 g/mol. The van der Waals surface area contributed by atoms with Gasteiger partial charge in [-0.05, 0) is 55.5 Å². The van der Waals surface area contributed by atoms with Crippen LogP contribution in [-0.2, 0) is 16.0 Å². The Bertz CT molecular complexity index is 888. The van der Waals surface area contributed by atoms with Crippen molar-refractivity contribution in [1.82, 2.24) is 10.6 Å². The highest BCUT2D eigenvalue weighted by Gasteiger charge is 2.25. The summed E-state index contributed by atoms with van der Waals surface area (Å²) in [7, 11) is 0. The first-order chi connectivity index (χ1) is 14.0. The zero-order chi connectivity index (χ0) is 20.8. The number of benzene rings is 2. The van der Waals surface area contributed by atoms with Gasteiger partial charge in [-0.15, -0.1) is 12.4 Å². The van der Waals surface area contributed by atoms with E-state index in [9.17, 15) is 9.59 Å². The van der Waals surface area contributed by atoms with Crippen molar-refractivity contribution >= 4 is 29.9 Å². The Morgan fingerprint density at radius 2 is 2.00 bits per heavy atom. The van der Waals surface area contributed by atoms with E-state index in [2.05, 4.69) is 10.6 Å². The number of halogens is 1. The number of hydrogen-bond acceptors (Lipinski definition) is 4. The van der Waals surface area contributed by atoms with E-state index in [0.29, 0.717) is 12.4 Å². The van der Waals surface area contributed by atoms with Gasteiger partial charge < -0.3 is 21.1 Å². The number of carbonyl (C=O) groups excluding carboxylic acids is 2. The Labute approximate surface area is 184 Å². The van der Waals surface area contributed by atoms with E-state index in [1.54, 1.807) is 0 Å². The van der Waals surface area contributed by atoms with E-state index in [1.807, 2.05) is 49.4 Å². The predicted molar refractivity (Wildman–Crippen MR) is 121 cm³/mol. The number of anilines is 1. The van der Waals surface area contributed by atoms with Crippen LogP contribution in [0.2, 0.25) is 0 Å². The number of ether oxygens (including phenoxy) is 1. The average molecular weight is 432 g/mol. The van der Waals surface area contributed by atoms with E-state index < -0.39 is 6.04 Å². The highest BCUT2D eigenvalue weighted by molar-refractivity contribution is 5.85. The minimum atomic E-state index is -0.454. The molecule has 0 fully saturated rings.